The summed E-state index contributed by atoms with van der Waals surface area (Å²) in [6, 6.07) is 0.125. The monoisotopic (exact) mass is 159 g/mol. The average Bonchev–Trinajstić information content (AvgIpc) is 2.10. The molecule has 0 bridgehead atoms. The van der Waals surface area contributed by atoms with Crippen LogP contribution in [0.5, 0.6) is 0 Å². The van der Waals surface area contributed by atoms with Crippen molar-refractivity contribution in [1.82, 2.24) is 14.8 Å². The summed E-state index contributed by atoms with van der Waals surface area (Å²) in [5.41, 5.74) is -0.181. The first-order valence-electron chi connectivity index (χ1n) is 3.02. The minimum absolute atomic E-state index is 0.125. The molecule has 0 radical (unpaired) electrons. The van der Waals surface area contributed by atoms with Gasteiger partial charge in [0.05, 0.1) is 0 Å². The van der Waals surface area contributed by atoms with Gasteiger partial charge >= 0.3 is 5.69 Å². The minimum Gasteiger partial charge on any atom is -0.282 e. The Kier molecular flexibility index (Phi) is 1.76. The van der Waals surface area contributed by atoms with Gasteiger partial charge in [-0.1, -0.05) is 0 Å². The highest BCUT2D eigenvalue weighted by atomic mass is 32.1. The van der Waals surface area contributed by atoms with Crippen molar-refractivity contribution in [2.45, 2.75) is 19.9 Å². The molecule has 4 nitrogen and oxygen atoms in total. The third-order valence-electron chi connectivity index (χ3n) is 1.18. The van der Waals surface area contributed by atoms with Crippen molar-refractivity contribution in [3.63, 3.8) is 0 Å². The van der Waals surface area contributed by atoms with E-state index in [1.807, 2.05) is 13.8 Å². The summed E-state index contributed by atoms with van der Waals surface area (Å²) in [6.45, 7) is 3.81. The van der Waals surface area contributed by atoms with E-state index >= 15 is 0 Å². The van der Waals surface area contributed by atoms with Crippen LogP contribution in [0.4, 0.5) is 0 Å². The summed E-state index contributed by atoms with van der Waals surface area (Å²) >= 11 is 4.71. The molecule has 2 N–H and O–H groups in total. The van der Waals surface area contributed by atoms with E-state index < -0.39 is 0 Å². The van der Waals surface area contributed by atoms with Crippen LogP contribution in [0.3, 0.4) is 0 Å². The molecule has 0 aromatic carbocycles. The molecule has 0 unspecified atom stereocenters. The topological polar surface area (TPSA) is 53.6 Å². The molecule has 0 aliphatic rings. The summed E-state index contributed by atoms with van der Waals surface area (Å²) in [4.78, 5) is 13.3. The fraction of sp³-hybridized carbons (Fsp3) is 0.600. The molecule has 56 valence electrons. The zero-order valence-electron chi connectivity index (χ0n) is 5.84. The van der Waals surface area contributed by atoms with E-state index in [0.717, 1.165) is 0 Å². The van der Waals surface area contributed by atoms with Gasteiger partial charge in [-0.15, -0.1) is 0 Å². The lowest BCUT2D eigenvalue weighted by Gasteiger charge is -2.01. The van der Waals surface area contributed by atoms with E-state index in [4.69, 9.17) is 12.2 Å². The van der Waals surface area contributed by atoms with E-state index in [-0.39, 0.29) is 11.7 Å². The Morgan fingerprint density at radius 3 is 2.40 bits per heavy atom. The highest BCUT2D eigenvalue weighted by Crippen LogP contribution is 1.93. The van der Waals surface area contributed by atoms with Crippen molar-refractivity contribution in [2.75, 3.05) is 0 Å². The Morgan fingerprint density at radius 1 is 1.60 bits per heavy atom. The number of hydrogen-bond acceptors (Lipinski definition) is 2. The van der Waals surface area contributed by atoms with Crippen LogP contribution < -0.4 is 5.69 Å². The van der Waals surface area contributed by atoms with Crippen molar-refractivity contribution in [2.24, 2.45) is 0 Å². The molecule has 0 spiro atoms. The predicted octanol–water partition coefficient (Wildman–Crippen LogP) is 0.815. The van der Waals surface area contributed by atoms with Gasteiger partial charge in [-0.3, -0.25) is 10.1 Å². The first-order valence-corrected chi connectivity index (χ1v) is 3.43. The maximum Gasteiger partial charge on any atom is 0.342 e. The van der Waals surface area contributed by atoms with Gasteiger partial charge in [0, 0.05) is 6.04 Å². The van der Waals surface area contributed by atoms with E-state index in [1.54, 1.807) is 0 Å². The Bertz CT molecular complexity index is 318. The Balaban J connectivity index is 3.29. The smallest absolute Gasteiger partial charge is 0.282 e. The predicted molar refractivity (Wildman–Crippen MR) is 40.6 cm³/mol. The van der Waals surface area contributed by atoms with E-state index in [9.17, 15) is 4.79 Å². The van der Waals surface area contributed by atoms with Crippen molar-refractivity contribution >= 4 is 12.2 Å². The number of aromatic amines is 2. The van der Waals surface area contributed by atoms with Crippen LogP contribution in [0.2, 0.25) is 0 Å². The molecule has 1 heterocycles. The van der Waals surface area contributed by atoms with Gasteiger partial charge in [0.25, 0.3) is 0 Å². The first kappa shape index (κ1) is 7.27. The molecule has 0 saturated carbocycles. The summed E-state index contributed by atoms with van der Waals surface area (Å²) in [5, 5.41) is 2.71. The molecule has 1 aromatic rings. The Hall–Kier alpha value is -0.840. The number of aromatic nitrogens is 3. The lowest BCUT2D eigenvalue weighted by atomic mass is 10.4. The molecule has 0 aliphatic carbocycles. The number of nitrogens with zero attached hydrogens (tertiary/aromatic N) is 1. The van der Waals surface area contributed by atoms with Crippen LogP contribution in [0, 0.1) is 4.77 Å². The number of H-pyrrole nitrogens is 2. The maximum atomic E-state index is 10.9. The third-order valence-corrected chi connectivity index (χ3v) is 1.37. The molecular formula is C5H9N3OS. The molecule has 0 atom stereocenters. The highest BCUT2D eigenvalue weighted by Gasteiger charge is 1.99. The zero-order chi connectivity index (χ0) is 7.72. The molecule has 0 amide bonds. The van der Waals surface area contributed by atoms with Crippen molar-refractivity contribution in [3.05, 3.63) is 15.3 Å². The third kappa shape index (κ3) is 1.18. The molecule has 1 rings (SSSR count). The number of nitrogens with one attached hydrogen (secondary N) is 2. The molecule has 0 saturated heterocycles. The van der Waals surface area contributed by atoms with Crippen molar-refractivity contribution < 1.29 is 0 Å². The number of hydrogen-bond donors (Lipinski definition) is 2. The van der Waals surface area contributed by atoms with Crippen LogP contribution in [-0.4, -0.2) is 14.8 Å². The second-order valence-corrected chi connectivity index (χ2v) is 2.74. The van der Waals surface area contributed by atoms with Crippen LogP contribution in [0.1, 0.15) is 19.9 Å². The van der Waals surface area contributed by atoms with Gasteiger partial charge < -0.3 is 0 Å². The standard InChI is InChI=1S/C5H9N3OS/c1-3(2)8-5(9)6-4(10)7-8/h3H,1-2H3,(H2,6,7,9,10). The second-order valence-electron chi connectivity index (χ2n) is 2.33. The normalized spacial score (nSPS) is 10.7. The molecule has 0 fully saturated rings. The quantitative estimate of drug-likeness (QED) is 0.596. The molecular weight excluding hydrogens is 150 g/mol. The zero-order valence-corrected chi connectivity index (χ0v) is 6.66. The van der Waals surface area contributed by atoms with Crippen LogP contribution in [0.25, 0.3) is 0 Å². The van der Waals surface area contributed by atoms with Gasteiger partial charge in [0.15, 0.2) is 4.77 Å². The van der Waals surface area contributed by atoms with E-state index in [1.165, 1.54) is 4.68 Å². The maximum absolute atomic E-state index is 10.9. The summed E-state index contributed by atoms with van der Waals surface area (Å²) in [6.07, 6.45) is 0. The molecule has 1 aromatic heterocycles. The van der Waals surface area contributed by atoms with Gasteiger partial charge in [-0.25, -0.2) is 9.48 Å². The van der Waals surface area contributed by atoms with E-state index in [2.05, 4.69) is 10.1 Å². The van der Waals surface area contributed by atoms with Crippen LogP contribution in [-0.2, 0) is 0 Å². The van der Waals surface area contributed by atoms with Crippen LogP contribution in [0.15, 0.2) is 4.79 Å². The average molecular weight is 159 g/mol. The largest absolute Gasteiger partial charge is 0.342 e. The fourth-order valence-electron chi connectivity index (χ4n) is 0.709. The summed E-state index contributed by atoms with van der Waals surface area (Å²) < 4.78 is 1.82. The van der Waals surface area contributed by atoms with Gasteiger partial charge in [-0.05, 0) is 26.1 Å². The lowest BCUT2D eigenvalue weighted by Crippen LogP contribution is -2.19. The second kappa shape index (κ2) is 2.42. The Morgan fingerprint density at radius 2 is 2.20 bits per heavy atom. The number of rotatable bonds is 1. The Labute approximate surface area is 62.9 Å². The fourth-order valence-corrected chi connectivity index (χ4v) is 0.895. The van der Waals surface area contributed by atoms with Crippen molar-refractivity contribution in [1.29, 1.82) is 0 Å². The molecule has 5 heteroatoms. The summed E-state index contributed by atoms with van der Waals surface area (Å²) in [5.74, 6) is 0. The van der Waals surface area contributed by atoms with Crippen molar-refractivity contribution in [3.8, 4) is 0 Å². The van der Waals surface area contributed by atoms with Gasteiger partial charge in [0.2, 0.25) is 0 Å². The van der Waals surface area contributed by atoms with Gasteiger partial charge in [-0.2, -0.15) is 0 Å². The lowest BCUT2D eigenvalue weighted by molar-refractivity contribution is 0.513. The minimum atomic E-state index is -0.181. The van der Waals surface area contributed by atoms with Crippen LogP contribution >= 0.6 is 12.2 Å². The SMILES string of the molecule is CC(C)n1[nH]c(=S)[nH]c1=O. The first-order chi connectivity index (χ1) is 4.61. The highest BCUT2D eigenvalue weighted by molar-refractivity contribution is 7.71. The van der Waals surface area contributed by atoms with E-state index in [0.29, 0.717) is 4.77 Å². The molecule has 0 aliphatic heterocycles. The molecule has 10 heavy (non-hydrogen) atoms. The summed E-state index contributed by atoms with van der Waals surface area (Å²) in [7, 11) is 0. The van der Waals surface area contributed by atoms with Gasteiger partial charge in [0.1, 0.15) is 0 Å².